The van der Waals surface area contributed by atoms with Gasteiger partial charge >= 0.3 is 0 Å². The van der Waals surface area contributed by atoms with E-state index < -0.39 is 0 Å². The van der Waals surface area contributed by atoms with Gasteiger partial charge in [-0.1, -0.05) is 0 Å². The Hall–Kier alpha value is -2.76. The zero-order valence-corrected chi connectivity index (χ0v) is 17.1. The van der Waals surface area contributed by atoms with Crippen LogP contribution in [0.1, 0.15) is 37.7 Å². The van der Waals surface area contributed by atoms with E-state index >= 15 is 0 Å². The largest absolute Gasteiger partial charge is 0.396 e. The molecule has 1 amide bonds. The number of nitrogens with zero attached hydrogens (tertiary/aromatic N) is 5. The Kier molecular flexibility index (Phi) is 6.41. The van der Waals surface area contributed by atoms with Crippen LogP contribution in [0.3, 0.4) is 0 Å². The summed E-state index contributed by atoms with van der Waals surface area (Å²) in [5.41, 5.74) is 1.45. The van der Waals surface area contributed by atoms with Crippen molar-refractivity contribution in [2.45, 2.75) is 44.2 Å². The average Bonchev–Trinajstić information content (AvgIpc) is 2.80. The molecule has 0 bridgehead atoms. The lowest BCUT2D eigenvalue weighted by molar-refractivity contribution is -0.134. The van der Waals surface area contributed by atoms with Gasteiger partial charge in [-0.2, -0.15) is 5.26 Å². The van der Waals surface area contributed by atoms with Crippen molar-refractivity contribution in [2.75, 3.05) is 38.1 Å². The molecule has 8 nitrogen and oxygen atoms in total. The maximum absolute atomic E-state index is 11.9. The number of benzene rings is 1. The van der Waals surface area contributed by atoms with Crippen molar-refractivity contribution in [3.8, 4) is 6.07 Å². The summed E-state index contributed by atoms with van der Waals surface area (Å²) < 4.78 is 0. The molecule has 2 fully saturated rings. The highest BCUT2D eigenvalue weighted by molar-refractivity contribution is 5.89. The number of carbonyl (C=O) groups is 1. The van der Waals surface area contributed by atoms with Crippen LogP contribution in [0.2, 0.25) is 0 Å². The Bertz CT molecular complexity index is 927. The Morgan fingerprint density at radius 3 is 2.63 bits per heavy atom. The SMILES string of the molecule is N#Cc1ccc2ncnc(N[C@H]3CC[C@H](N4CCN(C(=O)CCO)CC4)CC3)c2c1. The first-order valence-corrected chi connectivity index (χ1v) is 10.7. The number of rotatable bonds is 5. The van der Waals surface area contributed by atoms with Gasteiger partial charge in [-0.15, -0.1) is 0 Å². The zero-order chi connectivity index (χ0) is 20.9. The molecular formula is C22H28N6O2. The number of aliphatic hydroxyl groups is 1. The van der Waals surface area contributed by atoms with Gasteiger partial charge in [-0.3, -0.25) is 9.69 Å². The smallest absolute Gasteiger partial charge is 0.224 e. The van der Waals surface area contributed by atoms with Gasteiger partial charge in [0.2, 0.25) is 5.91 Å². The van der Waals surface area contributed by atoms with Gasteiger partial charge < -0.3 is 15.3 Å². The van der Waals surface area contributed by atoms with Gasteiger partial charge in [-0.25, -0.2) is 9.97 Å². The lowest BCUT2D eigenvalue weighted by Crippen LogP contribution is -2.53. The van der Waals surface area contributed by atoms with Crippen LogP contribution in [-0.4, -0.2) is 75.7 Å². The normalized spacial score (nSPS) is 22.6. The van der Waals surface area contributed by atoms with Crippen LogP contribution in [0.25, 0.3) is 10.9 Å². The second-order valence-electron chi connectivity index (χ2n) is 8.11. The van der Waals surface area contributed by atoms with Crippen LogP contribution in [0.5, 0.6) is 0 Å². The van der Waals surface area contributed by atoms with Gasteiger partial charge in [0.25, 0.3) is 0 Å². The Morgan fingerprint density at radius 1 is 1.17 bits per heavy atom. The molecule has 2 N–H and O–H groups in total. The molecule has 1 aromatic carbocycles. The molecule has 0 spiro atoms. The van der Waals surface area contributed by atoms with E-state index in [0.29, 0.717) is 17.6 Å². The van der Waals surface area contributed by atoms with Gasteiger partial charge in [-0.05, 0) is 43.9 Å². The number of fused-ring (bicyclic) bond motifs is 1. The molecule has 2 heterocycles. The number of amides is 1. The number of nitrogens with one attached hydrogen (secondary N) is 1. The van der Waals surface area contributed by atoms with Crippen molar-refractivity contribution in [3.05, 3.63) is 30.1 Å². The number of aliphatic hydroxyl groups excluding tert-OH is 1. The summed E-state index contributed by atoms with van der Waals surface area (Å²) in [7, 11) is 0. The Balaban J connectivity index is 1.31. The zero-order valence-electron chi connectivity index (χ0n) is 17.1. The summed E-state index contributed by atoms with van der Waals surface area (Å²) in [6, 6.07) is 8.59. The molecule has 0 unspecified atom stereocenters. The fraction of sp³-hybridized carbons (Fsp3) is 0.545. The number of aromatic nitrogens is 2. The third-order valence-corrected chi connectivity index (χ3v) is 6.31. The van der Waals surface area contributed by atoms with Crippen molar-refractivity contribution in [3.63, 3.8) is 0 Å². The topological polar surface area (TPSA) is 105 Å². The van der Waals surface area contributed by atoms with E-state index in [9.17, 15) is 10.1 Å². The first-order chi connectivity index (χ1) is 14.7. The van der Waals surface area contributed by atoms with E-state index in [1.165, 1.54) is 0 Å². The Labute approximate surface area is 176 Å². The van der Waals surface area contributed by atoms with Crippen LogP contribution in [0.4, 0.5) is 5.82 Å². The quantitative estimate of drug-likeness (QED) is 0.776. The summed E-state index contributed by atoms with van der Waals surface area (Å²) >= 11 is 0. The molecule has 1 saturated heterocycles. The summed E-state index contributed by atoms with van der Waals surface area (Å²) in [5, 5.41) is 22.6. The third-order valence-electron chi connectivity index (χ3n) is 6.31. The molecule has 1 aliphatic heterocycles. The molecule has 1 aliphatic carbocycles. The fourth-order valence-corrected chi connectivity index (χ4v) is 4.61. The molecule has 158 valence electrons. The summed E-state index contributed by atoms with van der Waals surface area (Å²) in [5.74, 6) is 0.859. The molecule has 0 atom stereocenters. The second kappa shape index (κ2) is 9.37. The Morgan fingerprint density at radius 2 is 1.93 bits per heavy atom. The van der Waals surface area contributed by atoms with E-state index in [0.717, 1.165) is 68.6 Å². The standard InChI is InChI=1S/C22H28N6O2/c23-14-16-1-6-20-19(13-16)22(25-15-24-20)26-17-2-4-18(5-3-17)27-8-10-28(11-9-27)21(30)7-12-29/h1,6,13,15,17-18,29H,2-5,7-12H2,(H,24,25,26)/t17-,18-. The third kappa shape index (κ3) is 4.53. The molecule has 4 rings (SSSR count). The highest BCUT2D eigenvalue weighted by atomic mass is 16.3. The van der Waals surface area contributed by atoms with Crippen molar-refractivity contribution < 1.29 is 9.90 Å². The van der Waals surface area contributed by atoms with Crippen molar-refractivity contribution in [1.82, 2.24) is 19.8 Å². The molecule has 0 radical (unpaired) electrons. The number of nitriles is 1. The van der Waals surface area contributed by atoms with Crippen molar-refractivity contribution in [1.29, 1.82) is 5.26 Å². The molecule has 30 heavy (non-hydrogen) atoms. The van der Waals surface area contributed by atoms with E-state index in [1.54, 1.807) is 12.4 Å². The summed E-state index contributed by atoms with van der Waals surface area (Å²) in [4.78, 5) is 25.1. The summed E-state index contributed by atoms with van der Waals surface area (Å²) in [6.45, 7) is 3.26. The molecular weight excluding hydrogens is 380 g/mol. The maximum atomic E-state index is 11.9. The van der Waals surface area contributed by atoms with E-state index in [4.69, 9.17) is 5.11 Å². The first kappa shape index (κ1) is 20.5. The predicted molar refractivity (Wildman–Crippen MR) is 114 cm³/mol. The van der Waals surface area contributed by atoms with Crippen LogP contribution < -0.4 is 5.32 Å². The number of carbonyl (C=O) groups excluding carboxylic acids is 1. The van der Waals surface area contributed by atoms with Crippen molar-refractivity contribution >= 4 is 22.6 Å². The number of piperazine rings is 1. The number of anilines is 1. The predicted octanol–water partition coefficient (Wildman–Crippen LogP) is 1.75. The van der Waals surface area contributed by atoms with Gasteiger partial charge in [0.15, 0.2) is 0 Å². The summed E-state index contributed by atoms with van der Waals surface area (Å²) in [6.07, 6.45) is 6.17. The van der Waals surface area contributed by atoms with Gasteiger partial charge in [0.05, 0.1) is 23.8 Å². The lowest BCUT2D eigenvalue weighted by Gasteiger charge is -2.42. The molecule has 2 aromatic rings. The average molecular weight is 409 g/mol. The minimum Gasteiger partial charge on any atom is -0.396 e. The van der Waals surface area contributed by atoms with Crippen LogP contribution in [0, 0.1) is 11.3 Å². The first-order valence-electron chi connectivity index (χ1n) is 10.7. The molecule has 1 aromatic heterocycles. The van der Waals surface area contributed by atoms with Crippen LogP contribution in [0.15, 0.2) is 24.5 Å². The lowest BCUT2D eigenvalue weighted by atomic mass is 9.89. The van der Waals surface area contributed by atoms with Gasteiger partial charge in [0.1, 0.15) is 12.1 Å². The highest BCUT2D eigenvalue weighted by Gasteiger charge is 2.29. The van der Waals surface area contributed by atoms with Gasteiger partial charge in [0, 0.05) is 50.1 Å². The minimum absolute atomic E-state index is 0.0571. The fourth-order valence-electron chi connectivity index (χ4n) is 4.61. The molecule has 2 aliphatic rings. The molecule has 1 saturated carbocycles. The highest BCUT2D eigenvalue weighted by Crippen LogP contribution is 2.28. The molecule has 8 heteroatoms. The maximum Gasteiger partial charge on any atom is 0.224 e. The second-order valence-corrected chi connectivity index (χ2v) is 8.11. The van der Waals surface area contributed by atoms with E-state index in [1.807, 2.05) is 17.0 Å². The monoisotopic (exact) mass is 408 g/mol. The number of hydrogen-bond acceptors (Lipinski definition) is 7. The minimum atomic E-state index is -0.0739. The van der Waals surface area contributed by atoms with E-state index in [-0.39, 0.29) is 18.9 Å². The van der Waals surface area contributed by atoms with Crippen molar-refractivity contribution in [2.24, 2.45) is 0 Å². The number of hydrogen-bond donors (Lipinski definition) is 2. The van der Waals surface area contributed by atoms with Crippen LogP contribution >= 0.6 is 0 Å². The van der Waals surface area contributed by atoms with Crippen LogP contribution in [-0.2, 0) is 4.79 Å². The van der Waals surface area contributed by atoms with E-state index in [2.05, 4.69) is 26.3 Å².